The van der Waals surface area contributed by atoms with E-state index in [1.54, 1.807) is 6.07 Å². The van der Waals surface area contributed by atoms with Gasteiger partial charge in [-0.2, -0.15) is 0 Å². The summed E-state index contributed by atoms with van der Waals surface area (Å²) >= 11 is 6.05. The van der Waals surface area contributed by atoms with E-state index in [-0.39, 0.29) is 11.2 Å². The Morgan fingerprint density at radius 3 is 2.94 bits per heavy atom. The smallest absolute Gasteiger partial charge is 0.123 e. The molecular formula is C12H15ClFNO. The molecule has 0 saturated carbocycles. The van der Waals surface area contributed by atoms with Crippen molar-refractivity contribution in [2.24, 2.45) is 11.1 Å². The van der Waals surface area contributed by atoms with Gasteiger partial charge in [0.25, 0.3) is 0 Å². The lowest BCUT2D eigenvalue weighted by atomic mass is 9.81. The van der Waals surface area contributed by atoms with Crippen molar-refractivity contribution in [1.82, 2.24) is 0 Å². The Labute approximate surface area is 99.5 Å². The van der Waals surface area contributed by atoms with E-state index < -0.39 is 0 Å². The summed E-state index contributed by atoms with van der Waals surface area (Å²) in [6.07, 6.45) is 1.59. The quantitative estimate of drug-likeness (QED) is 0.885. The molecule has 1 fully saturated rings. The van der Waals surface area contributed by atoms with Gasteiger partial charge < -0.3 is 10.5 Å². The predicted molar refractivity (Wildman–Crippen MR) is 62.0 cm³/mol. The largest absolute Gasteiger partial charge is 0.381 e. The molecule has 0 aromatic heterocycles. The third kappa shape index (κ3) is 2.37. The lowest BCUT2D eigenvalue weighted by Crippen LogP contribution is -2.33. The highest BCUT2D eigenvalue weighted by Gasteiger charge is 2.34. The van der Waals surface area contributed by atoms with Crippen LogP contribution in [0.5, 0.6) is 0 Å². The topological polar surface area (TPSA) is 35.2 Å². The van der Waals surface area contributed by atoms with E-state index in [1.807, 2.05) is 0 Å². The number of ether oxygens (including phenoxy) is 1. The third-order valence-electron chi connectivity index (χ3n) is 3.19. The van der Waals surface area contributed by atoms with E-state index >= 15 is 0 Å². The molecule has 4 heteroatoms. The molecule has 0 bridgehead atoms. The van der Waals surface area contributed by atoms with Crippen molar-refractivity contribution in [2.45, 2.75) is 12.8 Å². The zero-order valence-electron chi connectivity index (χ0n) is 9.01. The predicted octanol–water partition coefficient (Wildman–Crippen LogP) is 2.39. The fourth-order valence-corrected chi connectivity index (χ4v) is 2.29. The Bertz CT molecular complexity index is 377. The molecule has 1 saturated heterocycles. The standard InChI is InChI=1S/C12H15ClFNO/c13-11-2-1-10(14)5-9(11)6-12(7-15)3-4-16-8-12/h1-2,5H,3-4,6-8,15H2. The van der Waals surface area contributed by atoms with Crippen LogP contribution in [0.1, 0.15) is 12.0 Å². The summed E-state index contributed by atoms with van der Waals surface area (Å²) in [4.78, 5) is 0. The van der Waals surface area contributed by atoms with Gasteiger partial charge >= 0.3 is 0 Å². The Balaban J connectivity index is 2.21. The first kappa shape index (κ1) is 11.8. The second-order valence-corrected chi connectivity index (χ2v) is 4.83. The number of benzene rings is 1. The fraction of sp³-hybridized carbons (Fsp3) is 0.500. The van der Waals surface area contributed by atoms with Crippen molar-refractivity contribution in [3.8, 4) is 0 Å². The van der Waals surface area contributed by atoms with Gasteiger partial charge in [-0.3, -0.25) is 0 Å². The van der Waals surface area contributed by atoms with Gasteiger partial charge in [-0.1, -0.05) is 11.6 Å². The third-order valence-corrected chi connectivity index (χ3v) is 3.56. The van der Waals surface area contributed by atoms with Crippen molar-refractivity contribution in [2.75, 3.05) is 19.8 Å². The number of halogens is 2. The number of hydrogen-bond donors (Lipinski definition) is 1. The van der Waals surface area contributed by atoms with Gasteiger partial charge in [-0.15, -0.1) is 0 Å². The number of nitrogens with two attached hydrogens (primary N) is 1. The van der Waals surface area contributed by atoms with Crippen LogP contribution in [0.3, 0.4) is 0 Å². The van der Waals surface area contributed by atoms with Gasteiger partial charge in [0.1, 0.15) is 5.82 Å². The Kier molecular flexibility index (Phi) is 3.47. The first-order valence-electron chi connectivity index (χ1n) is 5.37. The maximum Gasteiger partial charge on any atom is 0.123 e. The van der Waals surface area contributed by atoms with Crippen LogP contribution in [0.2, 0.25) is 5.02 Å². The molecule has 1 atom stereocenters. The van der Waals surface area contributed by atoms with Crippen LogP contribution in [0.4, 0.5) is 4.39 Å². The van der Waals surface area contributed by atoms with Crippen molar-refractivity contribution in [3.63, 3.8) is 0 Å². The van der Waals surface area contributed by atoms with Gasteiger partial charge in [-0.05, 0) is 36.6 Å². The molecule has 0 spiro atoms. The van der Waals surface area contributed by atoms with Gasteiger partial charge in [0.05, 0.1) is 6.61 Å². The van der Waals surface area contributed by atoms with E-state index in [2.05, 4.69) is 0 Å². The molecular weight excluding hydrogens is 229 g/mol. The molecule has 0 aliphatic carbocycles. The van der Waals surface area contributed by atoms with Crippen LogP contribution < -0.4 is 5.73 Å². The molecule has 0 radical (unpaired) electrons. The van der Waals surface area contributed by atoms with Crippen molar-refractivity contribution < 1.29 is 9.13 Å². The molecule has 1 aromatic rings. The molecule has 2 rings (SSSR count). The summed E-state index contributed by atoms with van der Waals surface area (Å²) < 4.78 is 18.5. The van der Waals surface area contributed by atoms with E-state index in [0.29, 0.717) is 24.6 Å². The second-order valence-electron chi connectivity index (χ2n) is 4.42. The maximum atomic E-state index is 13.1. The highest BCUT2D eigenvalue weighted by Crippen LogP contribution is 2.33. The monoisotopic (exact) mass is 243 g/mol. The molecule has 1 aliphatic rings. The normalized spacial score (nSPS) is 24.9. The zero-order valence-corrected chi connectivity index (χ0v) is 9.77. The van der Waals surface area contributed by atoms with E-state index in [9.17, 15) is 4.39 Å². The first-order valence-corrected chi connectivity index (χ1v) is 5.75. The summed E-state index contributed by atoms with van der Waals surface area (Å²) in [6, 6.07) is 4.44. The second kappa shape index (κ2) is 4.70. The summed E-state index contributed by atoms with van der Waals surface area (Å²) in [5.41, 5.74) is 6.53. The lowest BCUT2D eigenvalue weighted by Gasteiger charge is -2.25. The van der Waals surface area contributed by atoms with Crippen LogP contribution in [-0.4, -0.2) is 19.8 Å². The minimum absolute atomic E-state index is 0.0720. The van der Waals surface area contributed by atoms with Crippen LogP contribution in [0, 0.1) is 11.2 Å². The number of rotatable bonds is 3. The van der Waals surface area contributed by atoms with Crippen LogP contribution in [-0.2, 0) is 11.2 Å². The molecule has 88 valence electrons. The fourth-order valence-electron chi connectivity index (χ4n) is 2.10. The molecule has 1 unspecified atom stereocenters. The van der Waals surface area contributed by atoms with Gasteiger partial charge in [-0.25, -0.2) is 4.39 Å². The summed E-state index contributed by atoms with van der Waals surface area (Å²) in [7, 11) is 0. The van der Waals surface area contributed by atoms with Crippen LogP contribution in [0.25, 0.3) is 0 Å². The Morgan fingerprint density at radius 1 is 1.50 bits per heavy atom. The van der Waals surface area contributed by atoms with E-state index in [4.69, 9.17) is 22.1 Å². The van der Waals surface area contributed by atoms with Crippen LogP contribution >= 0.6 is 11.6 Å². The van der Waals surface area contributed by atoms with Crippen molar-refractivity contribution in [1.29, 1.82) is 0 Å². The van der Waals surface area contributed by atoms with Crippen molar-refractivity contribution >= 4 is 11.6 Å². The van der Waals surface area contributed by atoms with Gasteiger partial charge in [0.15, 0.2) is 0 Å². The zero-order chi connectivity index (χ0) is 11.6. The Hall–Kier alpha value is -0.640. The average molecular weight is 244 g/mol. The highest BCUT2D eigenvalue weighted by atomic mass is 35.5. The first-order chi connectivity index (χ1) is 7.65. The van der Waals surface area contributed by atoms with Crippen molar-refractivity contribution in [3.05, 3.63) is 34.6 Å². The average Bonchev–Trinajstić information content (AvgIpc) is 2.73. The lowest BCUT2D eigenvalue weighted by molar-refractivity contribution is 0.154. The molecule has 16 heavy (non-hydrogen) atoms. The van der Waals surface area contributed by atoms with Crippen LogP contribution in [0.15, 0.2) is 18.2 Å². The molecule has 2 N–H and O–H groups in total. The molecule has 0 amide bonds. The number of hydrogen-bond acceptors (Lipinski definition) is 2. The maximum absolute atomic E-state index is 13.1. The molecule has 2 nitrogen and oxygen atoms in total. The highest BCUT2D eigenvalue weighted by molar-refractivity contribution is 6.31. The molecule has 1 aromatic carbocycles. The minimum Gasteiger partial charge on any atom is -0.381 e. The molecule has 1 aliphatic heterocycles. The Morgan fingerprint density at radius 2 is 2.31 bits per heavy atom. The summed E-state index contributed by atoms with van der Waals surface area (Å²) in [5, 5.41) is 0.598. The van der Waals surface area contributed by atoms with E-state index in [0.717, 1.165) is 18.6 Å². The van der Waals surface area contributed by atoms with E-state index in [1.165, 1.54) is 12.1 Å². The van der Waals surface area contributed by atoms with Gasteiger partial charge in [0, 0.05) is 23.6 Å². The SMILES string of the molecule is NCC1(Cc2cc(F)ccc2Cl)CCOC1. The van der Waals surface area contributed by atoms with Gasteiger partial charge in [0.2, 0.25) is 0 Å². The summed E-state index contributed by atoms with van der Waals surface area (Å²) in [6.45, 7) is 1.90. The summed E-state index contributed by atoms with van der Waals surface area (Å²) in [5.74, 6) is -0.259. The molecule has 1 heterocycles. The minimum atomic E-state index is -0.259.